The molecule has 0 bridgehead atoms. The molecule has 1 aromatic carbocycles. The van der Waals surface area contributed by atoms with E-state index in [1.165, 1.54) is 0 Å². The van der Waals surface area contributed by atoms with Gasteiger partial charge in [-0.25, -0.2) is 0 Å². The Labute approximate surface area is 116 Å². The van der Waals surface area contributed by atoms with Gasteiger partial charge in [0.1, 0.15) is 0 Å². The lowest BCUT2D eigenvalue weighted by atomic mass is 9.76. The fourth-order valence-corrected chi connectivity index (χ4v) is 3.05. The first-order chi connectivity index (χ1) is 9.75. The van der Waals surface area contributed by atoms with Crippen LogP contribution in [0, 0.1) is 0 Å². The lowest BCUT2D eigenvalue weighted by Gasteiger charge is -2.25. The number of hydrogen-bond acceptors (Lipinski definition) is 3. The number of benzene rings is 1. The first-order valence-corrected chi connectivity index (χ1v) is 6.59. The number of allylic oxidation sites excluding steroid dienone is 2. The second-order valence-electron chi connectivity index (χ2n) is 5.15. The van der Waals surface area contributed by atoms with E-state index in [0.29, 0.717) is 29.5 Å². The fourth-order valence-electron chi connectivity index (χ4n) is 3.05. The predicted octanol–water partition coefficient (Wildman–Crippen LogP) is 2.56. The molecule has 4 rings (SSSR count). The lowest BCUT2D eigenvalue weighted by molar-refractivity contribution is 0.0954. The molecule has 3 nitrogen and oxygen atoms in total. The Morgan fingerprint density at radius 3 is 2.50 bits per heavy atom. The second kappa shape index (κ2) is 3.97. The van der Waals surface area contributed by atoms with Crippen LogP contribution in [0.4, 0.5) is 0 Å². The SMILES string of the molecule is O=C1C2=C(Cc3ccccc31)Cc1ncccc1C2=O. The number of carbonyl (C=O) groups excluding carboxylic acids is 2. The Balaban J connectivity index is 1.90. The largest absolute Gasteiger partial charge is 0.288 e. The smallest absolute Gasteiger partial charge is 0.198 e. The van der Waals surface area contributed by atoms with Crippen LogP contribution in [0.1, 0.15) is 32.0 Å². The zero-order chi connectivity index (χ0) is 13.7. The van der Waals surface area contributed by atoms with Crippen molar-refractivity contribution in [2.24, 2.45) is 0 Å². The summed E-state index contributed by atoms with van der Waals surface area (Å²) in [5.41, 5.74) is 4.28. The van der Waals surface area contributed by atoms with Gasteiger partial charge in [0.15, 0.2) is 11.6 Å². The monoisotopic (exact) mass is 261 g/mol. The van der Waals surface area contributed by atoms with Crippen molar-refractivity contribution in [3.63, 3.8) is 0 Å². The van der Waals surface area contributed by atoms with E-state index in [2.05, 4.69) is 4.98 Å². The van der Waals surface area contributed by atoms with Gasteiger partial charge in [-0.2, -0.15) is 0 Å². The number of aromatic nitrogens is 1. The summed E-state index contributed by atoms with van der Waals surface area (Å²) in [5.74, 6) is -0.310. The van der Waals surface area contributed by atoms with Crippen LogP contribution in [0.5, 0.6) is 0 Å². The maximum absolute atomic E-state index is 12.6. The van der Waals surface area contributed by atoms with Crippen LogP contribution >= 0.6 is 0 Å². The van der Waals surface area contributed by atoms with Crippen LogP contribution in [-0.2, 0) is 12.8 Å². The van der Waals surface area contributed by atoms with Crippen LogP contribution in [-0.4, -0.2) is 16.6 Å². The second-order valence-corrected chi connectivity index (χ2v) is 5.15. The number of rotatable bonds is 0. The van der Waals surface area contributed by atoms with Crippen molar-refractivity contribution in [2.45, 2.75) is 12.8 Å². The number of hydrogen-bond donors (Lipinski definition) is 0. The standard InChI is InChI=1S/C17H11NO2/c19-16-12-5-2-1-4-10(12)8-11-9-14-13(6-3-7-18-14)17(20)15(11)16/h1-7H,8-9H2. The molecule has 0 spiro atoms. The summed E-state index contributed by atoms with van der Waals surface area (Å²) in [6, 6.07) is 11.0. The molecule has 3 heteroatoms. The Hall–Kier alpha value is -2.55. The molecule has 20 heavy (non-hydrogen) atoms. The minimum absolute atomic E-state index is 0.138. The van der Waals surface area contributed by atoms with Crippen LogP contribution in [0.3, 0.4) is 0 Å². The van der Waals surface area contributed by atoms with Crippen LogP contribution in [0.25, 0.3) is 0 Å². The molecule has 2 aliphatic rings. The number of Topliss-reactive ketones (excluding diaryl/α,β-unsaturated/α-hetero) is 2. The van der Waals surface area contributed by atoms with E-state index in [4.69, 9.17) is 0 Å². The van der Waals surface area contributed by atoms with Crippen molar-refractivity contribution in [1.29, 1.82) is 0 Å². The highest BCUT2D eigenvalue weighted by Crippen LogP contribution is 2.34. The zero-order valence-corrected chi connectivity index (χ0v) is 10.7. The van der Waals surface area contributed by atoms with Crippen molar-refractivity contribution in [2.75, 3.05) is 0 Å². The van der Waals surface area contributed by atoms with Crippen LogP contribution < -0.4 is 0 Å². The first-order valence-electron chi connectivity index (χ1n) is 6.59. The Bertz CT molecular complexity index is 737. The Kier molecular flexibility index (Phi) is 2.24. The van der Waals surface area contributed by atoms with Crippen LogP contribution in [0.2, 0.25) is 0 Å². The molecule has 0 atom stereocenters. The summed E-state index contributed by atoms with van der Waals surface area (Å²) in [4.78, 5) is 29.4. The van der Waals surface area contributed by atoms with Crippen molar-refractivity contribution in [1.82, 2.24) is 4.98 Å². The zero-order valence-electron chi connectivity index (χ0n) is 10.7. The van der Waals surface area contributed by atoms with Gasteiger partial charge in [0.2, 0.25) is 0 Å². The topological polar surface area (TPSA) is 47.0 Å². The van der Waals surface area contributed by atoms with E-state index in [0.717, 1.165) is 16.8 Å². The van der Waals surface area contributed by atoms with Gasteiger partial charge in [-0.05, 0) is 29.7 Å². The lowest BCUT2D eigenvalue weighted by Crippen LogP contribution is -2.28. The van der Waals surface area contributed by atoms with E-state index < -0.39 is 0 Å². The summed E-state index contributed by atoms with van der Waals surface area (Å²) in [7, 11) is 0. The fraction of sp³-hybridized carbons (Fsp3) is 0.118. The molecule has 0 saturated heterocycles. The third kappa shape index (κ3) is 1.43. The third-order valence-corrected chi connectivity index (χ3v) is 3.99. The molecule has 1 aromatic heterocycles. The number of fused-ring (bicyclic) bond motifs is 2. The first kappa shape index (κ1) is 11.3. The van der Waals surface area contributed by atoms with E-state index >= 15 is 0 Å². The minimum Gasteiger partial charge on any atom is -0.288 e. The molecule has 96 valence electrons. The van der Waals surface area contributed by atoms with E-state index in [-0.39, 0.29) is 11.6 Å². The molecular weight excluding hydrogens is 250 g/mol. The summed E-state index contributed by atoms with van der Waals surface area (Å²) < 4.78 is 0. The Morgan fingerprint density at radius 2 is 1.60 bits per heavy atom. The number of nitrogens with zero attached hydrogens (tertiary/aromatic N) is 1. The van der Waals surface area contributed by atoms with Crippen molar-refractivity contribution >= 4 is 11.6 Å². The van der Waals surface area contributed by atoms with E-state index in [1.54, 1.807) is 24.4 Å². The molecular formula is C17H11NO2. The van der Waals surface area contributed by atoms with Gasteiger partial charge in [0.25, 0.3) is 0 Å². The molecule has 0 aliphatic heterocycles. The third-order valence-electron chi connectivity index (χ3n) is 3.99. The normalized spacial score (nSPS) is 16.6. The van der Waals surface area contributed by atoms with Crippen molar-refractivity contribution in [3.8, 4) is 0 Å². The molecule has 2 aliphatic carbocycles. The number of ketones is 2. The number of pyridine rings is 1. The molecule has 0 N–H and O–H groups in total. The molecule has 0 unspecified atom stereocenters. The van der Waals surface area contributed by atoms with E-state index in [1.807, 2.05) is 18.2 Å². The molecule has 0 saturated carbocycles. The molecule has 2 aromatic rings. The molecule has 0 fully saturated rings. The van der Waals surface area contributed by atoms with Gasteiger partial charge in [-0.1, -0.05) is 24.3 Å². The summed E-state index contributed by atoms with van der Waals surface area (Å²) in [6.07, 6.45) is 2.95. The van der Waals surface area contributed by atoms with Gasteiger partial charge >= 0.3 is 0 Å². The summed E-state index contributed by atoms with van der Waals surface area (Å²) in [6.45, 7) is 0. The predicted molar refractivity (Wildman–Crippen MR) is 73.8 cm³/mol. The van der Waals surface area contributed by atoms with Gasteiger partial charge in [-0.15, -0.1) is 0 Å². The highest BCUT2D eigenvalue weighted by atomic mass is 16.1. The van der Waals surface area contributed by atoms with E-state index in [9.17, 15) is 9.59 Å². The molecule has 0 radical (unpaired) electrons. The molecule has 0 amide bonds. The number of carbonyl (C=O) groups is 2. The van der Waals surface area contributed by atoms with Crippen molar-refractivity contribution < 1.29 is 9.59 Å². The van der Waals surface area contributed by atoms with Gasteiger partial charge in [0, 0.05) is 23.7 Å². The van der Waals surface area contributed by atoms with Gasteiger partial charge < -0.3 is 0 Å². The summed E-state index contributed by atoms with van der Waals surface area (Å²) >= 11 is 0. The maximum Gasteiger partial charge on any atom is 0.198 e. The molecule has 1 heterocycles. The minimum atomic E-state index is -0.172. The highest BCUT2D eigenvalue weighted by Gasteiger charge is 2.35. The Morgan fingerprint density at radius 1 is 0.850 bits per heavy atom. The summed E-state index contributed by atoms with van der Waals surface area (Å²) in [5, 5.41) is 0. The average Bonchev–Trinajstić information content (AvgIpc) is 2.47. The van der Waals surface area contributed by atoms with Crippen molar-refractivity contribution in [3.05, 3.63) is 76.1 Å². The van der Waals surface area contributed by atoms with Gasteiger partial charge in [0.05, 0.1) is 11.3 Å². The maximum atomic E-state index is 12.6. The highest BCUT2D eigenvalue weighted by molar-refractivity contribution is 6.33. The van der Waals surface area contributed by atoms with Gasteiger partial charge in [-0.3, -0.25) is 14.6 Å². The van der Waals surface area contributed by atoms with Crippen LogP contribution in [0.15, 0.2) is 53.7 Å². The quantitative estimate of drug-likeness (QED) is 0.685. The average molecular weight is 261 g/mol.